The van der Waals surface area contributed by atoms with Crippen molar-refractivity contribution in [2.45, 2.75) is 6.04 Å². The van der Waals surface area contributed by atoms with Gasteiger partial charge in [0.2, 0.25) is 0 Å². The van der Waals surface area contributed by atoms with E-state index in [1.807, 2.05) is 0 Å². The molecule has 0 saturated heterocycles. The smallest absolute Gasteiger partial charge is 0.331 e. The lowest BCUT2D eigenvalue weighted by Crippen LogP contribution is -2.19. The predicted molar refractivity (Wildman–Crippen MR) is 39.9 cm³/mol. The molecule has 10 heavy (non-hydrogen) atoms. The molecule has 1 rings (SSSR count). The third-order valence-electron chi connectivity index (χ3n) is 1.15. The molecule has 56 valence electrons. The number of ether oxygens (including phenoxy) is 1. The molecule has 1 heterocycles. The van der Waals surface area contributed by atoms with E-state index in [9.17, 15) is 4.79 Å². The number of nitrogens with zero attached hydrogens (tertiary/aromatic N) is 1. The summed E-state index contributed by atoms with van der Waals surface area (Å²) >= 11 is 1.38. The molecule has 0 spiro atoms. The van der Waals surface area contributed by atoms with Gasteiger partial charge in [0.15, 0.2) is 11.2 Å². The molecule has 0 aromatic carbocycles. The molecule has 1 unspecified atom stereocenters. The number of nitrogens with two attached hydrogens (primary N) is 1. The van der Waals surface area contributed by atoms with E-state index < -0.39 is 0 Å². The van der Waals surface area contributed by atoms with Gasteiger partial charge in [0.25, 0.3) is 0 Å². The third kappa shape index (κ3) is 1.41. The third-order valence-corrected chi connectivity index (χ3v) is 2.03. The van der Waals surface area contributed by atoms with E-state index in [-0.39, 0.29) is 12.0 Å². The normalized spacial score (nSPS) is 24.1. The van der Waals surface area contributed by atoms with Gasteiger partial charge in [-0.1, -0.05) is 11.8 Å². The molecule has 0 aromatic rings. The van der Waals surface area contributed by atoms with Gasteiger partial charge in [-0.15, -0.1) is 0 Å². The topological polar surface area (TPSA) is 64.7 Å². The molecule has 0 aromatic heterocycles. The van der Waals surface area contributed by atoms with Crippen LogP contribution in [-0.2, 0) is 9.53 Å². The zero-order valence-electron chi connectivity index (χ0n) is 5.53. The lowest BCUT2D eigenvalue weighted by Gasteiger charge is -2.00. The van der Waals surface area contributed by atoms with Crippen LogP contribution in [-0.4, -0.2) is 30.0 Å². The summed E-state index contributed by atoms with van der Waals surface area (Å²) in [5.41, 5.74) is 5.32. The predicted octanol–water partition coefficient (Wildman–Crippen LogP) is -0.411. The Hall–Kier alpha value is -0.710. The molecule has 1 aliphatic heterocycles. The van der Waals surface area contributed by atoms with Gasteiger partial charge in [0.05, 0.1) is 7.11 Å². The molecular weight excluding hydrogens is 152 g/mol. The first-order valence-corrected chi connectivity index (χ1v) is 3.76. The number of aliphatic imine (C=N–C) groups is 1. The van der Waals surface area contributed by atoms with Gasteiger partial charge in [-0.2, -0.15) is 0 Å². The Morgan fingerprint density at radius 2 is 2.70 bits per heavy atom. The van der Waals surface area contributed by atoms with Crippen molar-refractivity contribution in [3.63, 3.8) is 0 Å². The largest absolute Gasteiger partial charge is 0.467 e. The first-order valence-electron chi connectivity index (χ1n) is 2.78. The van der Waals surface area contributed by atoms with E-state index in [0.29, 0.717) is 10.9 Å². The zero-order chi connectivity index (χ0) is 7.56. The molecular formula is C5H8N2O2S. The molecule has 1 aliphatic rings. The van der Waals surface area contributed by atoms with Gasteiger partial charge in [-0.3, -0.25) is 0 Å². The Bertz CT molecular complexity index is 180. The van der Waals surface area contributed by atoms with Crippen molar-refractivity contribution in [1.82, 2.24) is 0 Å². The molecule has 0 amide bonds. The van der Waals surface area contributed by atoms with Crippen LogP contribution in [0.5, 0.6) is 0 Å². The fourth-order valence-electron chi connectivity index (χ4n) is 0.649. The minimum Gasteiger partial charge on any atom is -0.467 e. The second-order valence-corrected chi connectivity index (χ2v) is 2.86. The maximum atomic E-state index is 10.8. The monoisotopic (exact) mass is 160 g/mol. The van der Waals surface area contributed by atoms with E-state index in [1.54, 1.807) is 0 Å². The Morgan fingerprint density at radius 1 is 2.00 bits per heavy atom. The number of carbonyl (C=O) groups is 1. The van der Waals surface area contributed by atoms with Crippen molar-refractivity contribution >= 4 is 22.9 Å². The van der Waals surface area contributed by atoms with Crippen LogP contribution in [0.15, 0.2) is 4.99 Å². The standard InChI is InChI=1S/C5H8N2O2S/c1-9-4(8)3-2-10-5(6)7-3/h3H,2H2,1H3,(H2,6,7). The quantitative estimate of drug-likeness (QED) is 0.529. The van der Waals surface area contributed by atoms with Crippen LogP contribution >= 0.6 is 11.8 Å². The van der Waals surface area contributed by atoms with Crippen molar-refractivity contribution in [2.24, 2.45) is 10.7 Å². The van der Waals surface area contributed by atoms with Crippen LogP contribution in [0.2, 0.25) is 0 Å². The van der Waals surface area contributed by atoms with Crippen LogP contribution in [0.25, 0.3) is 0 Å². The number of methoxy groups -OCH3 is 1. The summed E-state index contributed by atoms with van der Waals surface area (Å²) in [6.45, 7) is 0. The Labute approximate surface area is 62.8 Å². The molecule has 0 aliphatic carbocycles. The Morgan fingerprint density at radius 3 is 3.10 bits per heavy atom. The van der Waals surface area contributed by atoms with Gasteiger partial charge >= 0.3 is 5.97 Å². The number of thioether (sulfide) groups is 1. The number of hydrogen-bond acceptors (Lipinski definition) is 5. The SMILES string of the molecule is COC(=O)C1CSC(N)=N1. The second-order valence-electron chi connectivity index (χ2n) is 1.82. The summed E-state index contributed by atoms with van der Waals surface area (Å²) in [4.78, 5) is 14.6. The minimum atomic E-state index is -0.380. The number of amidine groups is 1. The van der Waals surface area contributed by atoms with E-state index in [4.69, 9.17) is 5.73 Å². The van der Waals surface area contributed by atoms with Gasteiger partial charge in [0.1, 0.15) is 0 Å². The minimum absolute atomic E-state index is 0.312. The number of hydrogen-bond donors (Lipinski definition) is 1. The van der Waals surface area contributed by atoms with Crippen LogP contribution in [0, 0.1) is 0 Å². The van der Waals surface area contributed by atoms with Gasteiger partial charge in [0, 0.05) is 5.75 Å². The van der Waals surface area contributed by atoms with Crippen molar-refractivity contribution < 1.29 is 9.53 Å². The molecule has 0 radical (unpaired) electrons. The Balaban J connectivity index is 2.52. The summed E-state index contributed by atoms with van der Waals surface area (Å²) in [5, 5.41) is 0.468. The molecule has 0 saturated carbocycles. The summed E-state index contributed by atoms with van der Waals surface area (Å²) in [6, 6.07) is -0.380. The van der Waals surface area contributed by atoms with Gasteiger partial charge < -0.3 is 10.5 Å². The van der Waals surface area contributed by atoms with Crippen molar-refractivity contribution in [2.75, 3.05) is 12.9 Å². The van der Waals surface area contributed by atoms with Gasteiger partial charge in [-0.25, -0.2) is 9.79 Å². The van der Waals surface area contributed by atoms with Crippen LogP contribution in [0.4, 0.5) is 0 Å². The molecule has 5 heteroatoms. The van der Waals surface area contributed by atoms with Crippen molar-refractivity contribution in [3.05, 3.63) is 0 Å². The average molecular weight is 160 g/mol. The second kappa shape index (κ2) is 2.92. The molecule has 0 bridgehead atoms. The first kappa shape index (κ1) is 7.40. The summed E-state index contributed by atoms with van der Waals surface area (Å²) < 4.78 is 4.47. The van der Waals surface area contributed by atoms with E-state index in [2.05, 4.69) is 9.73 Å². The number of carbonyl (C=O) groups excluding carboxylic acids is 1. The lowest BCUT2D eigenvalue weighted by atomic mass is 10.4. The maximum Gasteiger partial charge on any atom is 0.331 e. The fourth-order valence-corrected chi connectivity index (χ4v) is 1.39. The molecule has 4 nitrogen and oxygen atoms in total. The highest BCUT2D eigenvalue weighted by Crippen LogP contribution is 2.15. The summed E-state index contributed by atoms with van der Waals surface area (Å²) in [6.07, 6.45) is 0. The van der Waals surface area contributed by atoms with E-state index in [0.717, 1.165) is 0 Å². The molecule has 0 fully saturated rings. The average Bonchev–Trinajstić information content (AvgIpc) is 2.34. The Kier molecular flexibility index (Phi) is 2.16. The van der Waals surface area contributed by atoms with Gasteiger partial charge in [-0.05, 0) is 0 Å². The molecule has 2 N–H and O–H groups in total. The summed E-state index contributed by atoms with van der Waals surface area (Å²) in [7, 11) is 1.34. The van der Waals surface area contributed by atoms with Crippen molar-refractivity contribution in [1.29, 1.82) is 0 Å². The van der Waals surface area contributed by atoms with E-state index >= 15 is 0 Å². The van der Waals surface area contributed by atoms with Crippen molar-refractivity contribution in [3.8, 4) is 0 Å². The zero-order valence-corrected chi connectivity index (χ0v) is 6.35. The van der Waals surface area contributed by atoms with Crippen LogP contribution in [0.1, 0.15) is 0 Å². The highest BCUT2D eigenvalue weighted by Gasteiger charge is 2.23. The van der Waals surface area contributed by atoms with Crippen LogP contribution < -0.4 is 5.73 Å². The maximum absolute atomic E-state index is 10.8. The molecule has 1 atom stereocenters. The number of rotatable bonds is 1. The first-order chi connectivity index (χ1) is 4.74. The highest BCUT2D eigenvalue weighted by molar-refractivity contribution is 8.14. The fraction of sp³-hybridized carbons (Fsp3) is 0.600. The lowest BCUT2D eigenvalue weighted by molar-refractivity contribution is -0.141. The van der Waals surface area contributed by atoms with Crippen LogP contribution in [0.3, 0.4) is 0 Å². The van der Waals surface area contributed by atoms with E-state index in [1.165, 1.54) is 18.9 Å². The number of esters is 1. The highest BCUT2D eigenvalue weighted by atomic mass is 32.2. The summed E-state index contributed by atoms with van der Waals surface area (Å²) in [5.74, 6) is 0.298.